The van der Waals surface area contributed by atoms with Crippen LogP contribution in [0.2, 0.25) is 0 Å². The summed E-state index contributed by atoms with van der Waals surface area (Å²) in [6.45, 7) is 2.93. The number of hydrogen-bond donors (Lipinski definition) is 2. The lowest BCUT2D eigenvalue weighted by Crippen LogP contribution is -3.06. The van der Waals surface area contributed by atoms with E-state index < -0.39 is 17.7 Å². The number of amides is 1. The van der Waals surface area contributed by atoms with E-state index >= 15 is 0 Å². The number of nitrogens with zero attached hydrogens (tertiary/aromatic N) is 1. The van der Waals surface area contributed by atoms with Crippen molar-refractivity contribution < 1.29 is 29.1 Å². The lowest BCUT2D eigenvalue weighted by Gasteiger charge is -2.27. The number of aryl methyl sites for hydroxylation is 1. The molecule has 0 aliphatic carbocycles. The highest BCUT2D eigenvalue weighted by atomic mass is 16.5. The van der Waals surface area contributed by atoms with Crippen LogP contribution in [-0.2, 0) is 9.59 Å². The van der Waals surface area contributed by atoms with Gasteiger partial charge in [0.15, 0.2) is 11.5 Å². The Balaban J connectivity index is 2.23. The standard InChI is InChI=1S/C24H28N2O5/c1-15-9-11-16(12-10-15)21(27)19-20(17-7-6-8-18(30-4)23(17)31-5)26(14-13-25(2)3)24(29)22(19)28/h6-12,20,27H,13-14H2,1-5H3/p+1/t20-/m0/s1. The van der Waals surface area contributed by atoms with Crippen LogP contribution in [0.1, 0.15) is 22.7 Å². The average Bonchev–Trinajstić information content (AvgIpc) is 3.01. The summed E-state index contributed by atoms with van der Waals surface area (Å²) in [5, 5.41) is 11.1. The van der Waals surface area contributed by atoms with Crippen LogP contribution in [-0.4, -0.2) is 63.1 Å². The van der Waals surface area contributed by atoms with E-state index in [1.165, 1.54) is 19.1 Å². The third kappa shape index (κ3) is 4.27. The summed E-state index contributed by atoms with van der Waals surface area (Å²) in [5.41, 5.74) is 2.14. The van der Waals surface area contributed by atoms with Crippen LogP contribution in [0.15, 0.2) is 48.0 Å². The number of aliphatic hydroxyl groups excluding tert-OH is 1. The minimum atomic E-state index is -0.786. The molecule has 164 valence electrons. The smallest absolute Gasteiger partial charge is 0.295 e. The molecular formula is C24H29N2O5+. The molecule has 0 radical (unpaired) electrons. The molecule has 7 heteroatoms. The molecule has 3 rings (SSSR count). The Bertz CT molecular complexity index is 1010. The monoisotopic (exact) mass is 425 g/mol. The highest BCUT2D eigenvalue weighted by Crippen LogP contribution is 2.45. The molecule has 2 aromatic rings. The van der Waals surface area contributed by atoms with Crippen LogP contribution in [0, 0.1) is 6.92 Å². The Morgan fingerprint density at radius 1 is 1.06 bits per heavy atom. The molecule has 2 aromatic carbocycles. The highest BCUT2D eigenvalue weighted by Gasteiger charge is 2.47. The normalized spacial score (nSPS) is 18.0. The number of carbonyl (C=O) groups is 2. The Kier molecular flexibility index (Phi) is 6.65. The van der Waals surface area contributed by atoms with E-state index in [2.05, 4.69) is 0 Å². The topological polar surface area (TPSA) is 80.5 Å². The minimum absolute atomic E-state index is 0.0502. The number of ether oxygens (including phenoxy) is 2. The summed E-state index contributed by atoms with van der Waals surface area (Å²) < 4.78 is 11.0. The van der Waals surface area contributed by atoms with E-state index in [1.54, 1.807) is 30.3 Å². The van der Waals surface area contributed by atoms with Gasteiger partial charge in [-0.15, -0.1) is 0 Å². The second kappa shape index (κ2) is 9.22. The van der Waals surface area contributed by atoms with Crippen molar-refractivity contribution in [2.45, 2.75) is 13.0 Å². The number of benzene rings is 2. The first-order valence-electron chi connectivity index (χ1n) is 10.2. The quantitative estimate of drug-likeness (QED) is 0.400. The summed E-state index contributed by atoms with van der Waals surface area (Å²) in [6.07, 6.45) is 0. The van der Waals surface area contributed by atoms with Crippen molar-refractivity contribution in [3.8, 4) is 11.5 Å². The molecule has 2 N–H and O–H groups in total. The average molecular weight is 426 g/mol. The van der Waals surface area contributed by atoms with Crippen molar-refractivity contribution in [1.29, 1.82) is 0 Å². The van der Waals surface area contributed by atoms with Gasteiger partial charge in [-0.05, 0) is 13.0 Å². The van der Waals surface area contributed by atoms with Gasteiger partial charge in [-0.2, -0.15) is 0 Å². The van der Waals surface area contributed by atoms with Gasteiger partial charge >= 0.3 is 0 Å². The molecule has 1 aliphatic heterocycles. The number of nitrogens with one attached hydrogen (secondary N) is 1. The van der Waals surface area contributed by atoms with Crippen molar-refractivity contribution in [3.05, 3.63) is 64.7 Å². The number of aliphatic hydroxyl groups is 1. The molecule has 1 saturated heterocycles. The number of hydrogen-bond acceptors (Lipinski definition) is 5. The highest BCUT2D eigenvalue weighted by molar-refractivity contribution is 6.46. The number of methoxy groups -OCH3 is 2. The first kappa shape index (κ1) is 22.4. The largest absolute Gasteiger partial charge is 0.507 e. The van der Waals surface area contributed by atoms with E-state index in [-0.39, 0.29) is 11.3 Å². The van der Waals surface area contributed by atoms with E-state index in [9.17, 15) is 14.7 Å². The van der Waals surface area contributed by atoms with Crippen LogP contribution in [0.5, 0.6) is 11.5 Å². The summed E-state index contributed by atoms with van der Waals surface area (Å²) in [5.74, 6) is -0.632. The van der Waals surface area contributed by atoms with Crippen molar-refractivity contribution in [3.63, 3.8) is 0 Å². The molecular weight excluding hydrogens is 396 g/mol. The van der Waals surface area contributed by atoms with Crippen LogP contribution < -0.4 is 14.4 Å². The molecule has 1 amide bonds. The van der Waals surface area contributed by atoms with Gasteiger partial charge in [0.1, 0.15) is 5.76 Å². The molecule has 1 atom stereocenters. The minimum Gasteiger partial charge on any atom is -0.507 e. The number of carbonyl (C=O) groups excluding carboxylic acids is 2. The summed E-state index contributed by atoms with van der Waals surface area (Å²) >= 11 is 0. The Labute approximate surface area is 182 Å². The van der Waals surface area contributed by atoms with E-state index in [4.69, 9.17) is 9.47 Å². The number of ketones is 1. The van der Waals surface area contributed by atoms with Crippen molar-refractivity contribution in [1.82, 2.24) is 4.90 Å². The van der Waals surface area contributed by atoms with Crippen LogP contribution in [0.4, 0.5) is 0 Å². The van der Waals surface area contributed by atoms with Crippen LogP contribution >= 0.6 is 0 Å². The molecule has 1 heterocycles. The number of rotatable bonds is 7. The summed E-state index contributed by atoms with van der Waals surface area (Å²) in [7, 11) is 6.99. The predicted molar refractivity (Wildman–Crippen MR) is 117 cm³/mol. The summed E-state index contributed by atoms with van der Waals surface area (Å²) in [6, 6.07) is 11.7. The molecule has 1 aliphatic rings. The van der Waals surface area contributed by atoms with Crippen molar-refractivity contribution in [2.75, 3.05) is 41.4 Å². The SMILES string of the molecule is COc1cccc([C@H]2C(=C(O)c3ccc(C)cc3)C(=O)C(=O)N2CC[NH+](C)C)c1OC. The second-order valence-corrected chi connectivity index (χ2v) is 7.90. The number of Topliss-reactive ketones (excluding diaryl/α,β-unsaturated/α-hetero) is 1. The lowest BCUT2D eigenvalue weighted by atomic mass is 9.94. The first-order valence-corrected chi connectivity index (χ1v) is 10.2. The first-order chi connectivity index (χ1) is 14.8. The van der Waals surface area contributed by atoms with Gasteiger partial charge in [-0.25, -0.2) is 0 Å². The van der Waals surface area contributed by atoms with Gasteiger partial charge in [0.2, 0.25) is 0 Å². The molecule has 0 spiro atoms. The van der Waals surface area contributed by atoms with Crippen LogP contribution in [0.3, 0.4) is 0 Å². The third-order valence-corrected chi connectivity index (χ3v) is 5.45. The van der Waals surface area contributed by atoms with E-state index in [0.717, 1.165) is 10.5 Å². The van der Waals surface area contributed by atoms with Gasteiger partial charge in [0, 0.05) is 11.1 Å². The maximum Gasteiger partial charge on any atom is 0.295 e. The fraction of sp³-hybridized carbons (Fsp3) is 0.333. The molecule has 7 nitrogen and oxygen atoms in total. The fourth-order valence-electron chi connectivity index (χ4n) is 3.77. The Morgan fingerprint density at radius 2 is 1.74 bits per heavy atom. The maximum atomic E-state index is 13.1. The molecule has 0 saturated carbocycles. The van der Waals surface area contributed by atoms with Crippen molar-refractivity contribution >= 4 is 17.4 Å². The maximum absolute atomic E-state index is 13.1. The van der Waals surface area contributed by atoms with Gasteiger partial charge in [-0.3, -0.25) is 9.59 Å². The molecule has 1 fully saturated rings. The Morgan fingerprint density at radius 3 is 2.32 bits per heavy atom. The zero-order chi connectivity index (χ0) is 22.7. The van der Waals surface area contributed by atoms with E-state index in [0.29, 0.717) is 35.7 Å². The van der Waals surface area contributed by atoms with Crippen LogP contribution in [0.25, 0.3) is 5.76 Å². The van der Waals surface area contributed by atoms with Crippen molar-refractivity contribution in [2.24, 2.45) is 0 Å². The third-order valence-electron chi connectivity index (χ3n) is 5.45. The zero-order valence-electron chi connectivity index (χ0n) is 18.6. The van der Waals surface area contributed by atoms with E-state index in [1.807, 2.05) is 33.2 Å². The molecule has 0 unspecified atom stereocenters. The molecule has 31 heavy (non-hydrogen) atoms. The number of likely N-dealkylation sites (N-methyl/N-ethyl adjacent to an activating group) is 1. The summed E-state index contributed by atoms with van der Waals surface area (Å²) in [4.78, 5) is 28.7. The molecule has 0 aromatic heterocycles. The van der Waals surface area contributed by atoms with Gasteiger partial charge in [0.05, 0.1) is 53.0 Å². The number of para-hydroxylation sites is 1. The van der Waals surface area contributed by atoms with Gasteiger partial charge in [-0.1, -0.05) is 42.0 Å². The van der Waals surface area contributed by atoms with Gasteiger partial charge < -0.3 is 24.4 Å². The zero-order valence-corrected chi connectivity index (χ0v) is 18.6. The molecule has 0 bridgehead atoms. The second-order valence-electron chi connectivity index (χ2n) is 7.90. The number of quaternary nitrogens is 1. The Hall–Kier alpha value is -3.32. The van der Waals surface area contributed by atoms with Gasteiger partial charge in [0.25, 0.3) is 11.7 Å². The predicted octanol–water partition coefficient (Wildman–Crippen LogP) is 1.58. The number of likely N-dealkylation sites (tertiary alicyclic amines) is 1. The fourth-order valence-corrected chi connectivity index (χ4v) is 3.77. The lowest BCUT2D eigenvalue weighted by molar-refractivity contribution is -0.857.